The largest absolute Gasteiger partial charge is 0.493 e. The molecule has 194 valence electrons. The Labute approximate surface area is 228 Å². The number of hydrogen-bond acceptors (Lipinski definition) is 6. The zero-order chi connectivity index (χ0) is 26.7. The zero-order valence-corrected chi connectivity index (χ0v) is 23.0. The van der Waals surface area contributed by atoms with Crippen molar-refractivity contribution in [3.8, 4) is 11.5 Å². The van der Waals surface area contributed by atoms with Crippen molar-refractivity contribution in [1.29, 1.82) is 0 Å². The smallest absolute Gasteiger partial charge is 0.252 e. The number of carbonyl (C=O) groups excluding carboxylic acids is 2. The molecule has 1 unspecified atom stereocenters. The minimum atomic E-state index is -4.26. The first kappa shape index (κ1) is 27.0. The molecule has 2 amide bonds. The van der Waals surface area contributed by atoms with E-state index < -0.39 is 33.7 Å². The van der Waals surface area contributed by atoms with Gasteiger partial charge in [-0.15, -0.1) is 0 Å². The highest BCUT2D eigenvalue weighted by Gasteiger charge is 2.46. The molecular formula is C26H24FIN2O6S. The highest BCUT2D eigenvalue weighted by atomic mass is 127. The first-order chi connectivity index (χ1) is 17.6. The summed E-state index contributed by atoms with van der Waals surface area (Å²) < 4.78 is 53.5. The van der Waals surface area contributed by atoms with Gasteiger partial charge < -0.3 is 9.47 Å². The van der Waals surface area contributed by atoms with Gasteiger partial charge in [0.25, 0.3) is 5.91 Å². The number of sulfonamides is 1. The van der Waals surface area contributed by atoms with Crippen molar-refractivity contribution in [3.05, 3.63) is 81.7 Å². The van der Waals surface area contributed by atoms with E-state index in [0.29, 0.717) is 17.2 Å². The molecule has 1 fully saturated rings. The van der Waals surface area contributed by atoms with E-state index in [0.717, 1.165) is 42.6 Å². The Morgan fingerprint density at radius 2 is 1.62 bits per heavy atom. The van der Waals surface area contributed by atoms with Crippen molar-refractivity contribution in [2.24, 2.45) is 0 Å². The van der Waals surface area contributed by atoms with Crippen molar-refractivity contribution >= 4 is 50.1 Å². The minimum absolute atomic E-state index is 0.0978. The van der Waals surface area contributed by atoms with Gasteiger partial charge in [0.2, 0.25) is 15.9 Å². The summed E-state index contributed by atoms with van der Waals surface area (Å²) >= 11 is 2.11. The van der Waals surface area contributed by atoms with Crippen LogP contribution in [0.5, 0.6) is 11.5 Å². The quantitative estimate of drug-likeness (QED) is 0.260. The van der Waals surface area contributed by atoms with Crippen LogP contribution in [0.2, 0.25) is 0 Å². The van der Waals surface area contributed by atoms with Gasteiger partial charge in [-0.1, -0.05) is 6.07 Å². The fourth-order valence-electron chi connectivity index (χ4n) is 4.16. The van der Waals surface area contributed by atoms with Crippen molar-refractivity contribution in [1.82, 2.24) is 4.31 Å². The molecular weight excluding hydrogens is 614 g/mol. The maximum absolute atomic E-state index is 13.7. The van der Waals surface area contributed by atoms with Crippen LogP contribution in [0.1, 0.15) is 12.0 Å². The Morgan fingerprint density at radius 1 is 0.973 bits per heavy atom. The van der Waals surface area contributed by atoms with Gasteiger partial charge in [0, 0.05) is 10.1 Å². The topological polar surface area (TPSA) is 93.2 Å². The summed E-state index contributed by atoms with van der Waals surface area (Å²) in [7, 11) is -1.25. The number of hydrogen-bond donors (Lipinski definition) is 0. The second-order valence-electron chi connectivity index (χ2n) is 8.27. The lowest BCUT2D eigenvalue weighted by atomic mass is 10.1. The second kappa shape index (κ2) is 11.2. The number of halogens is 2. The van der Waals surface area contributed by atoms with Crippen LogP contribution in [0.3, 0.4) is 0 Å². The van der Waals surface area contributed by atoms with Crippen molar-refractivity contribution in [3.63, 3.8) is 0 Å². The summed E-state index contributed by atoms with van der Waals surface area (Å²) in [6.07, 6.45) is -0.0839. The number of amides is 2. The number of nitrogens with zero attached hydrogens (tertiary/aromatic N) is 2. The summed E-state index contributed by atoms with van der Waals surface area (Å²) in [5.41, 5.74) is 1.11. The Morgan fingerprint density at radius 3 is 2.24 bits per heavy atom. The predicted molar refractivity (Wildman–Crippen MR) is 144 cm³/mol. The van der Waals surface area contributed by atoms with Crippen LogP contribution in [0.4, 0.5) is 10.1 Å². The maximum atomic E-state index is 13.7. The van der Waals surface area contributed by atoms with Crippen LogP contribution in [0.25, 0.3) is 0 Å². The van der Waals surface area contributed by atoms with Gasteiger partial charge in [-0.05, 0) is 95.2 Å². The number of carbonyl (C=O) groups is 2. The molecule has 0 N–H and O–H groups in total. The third-order valence-electron chi connectivity index (χ3n) is 6.04. The van der Waals surface area contributed by atoms with E-state index in [4.69, 9.17) is 9.47 Å². The Kier molecular flexibility index (Phi) is 8.14. The van der Waals surface area contributed by atoms with E-state index in [1.165, 1.54) is 14.2 Å². The normalized spacial score (nSPS) is 15.9. The summed E-state index contributed by atoms with van der Waals surface area (Å²) in [5.74, 6) is -0.726. The van der Waals surface area contributed by atoms with Gasteiger partial charge in [-0.2, -0.15) is 4.31 Å². The van der Waals surface area contributed by atoms with Crippen LogP contribution < -0.4 is 14.4 Å². The van der Waals surface area contributed by atoms with E-state index in [-0.39, 0.29) is 24.3 Å². The Hall–Kier alpha value is -3.03. The van der Waals surface area contributed by atoms with Gasteiger partial charge >= 0.3 is 0 Å². The second-order valence-corrected chi connectivity index (χ2v) is 11.4. The molecule has 1 saturated heterocycles. The van der Waals surface area contributed by atoms with E-state index >= 15 is 0 Å². The molecule has 0 saturated carbocycles. The van der Waals surface area contributed by atoms with Gasteiger partial charge in [0.15, 0.2) is 11.5 Å². The van der Waals surface area contributed by atoms with Crippen LogP contribution in [0, 0.1) is 9.39 Å². The highest BCUT2D eigenvalue weighted by molar-refractivity contribution is 14.1. The highest BCUT2D eigenvalue weighted by Crippen LogP contribution is 2.31. The third-order valence-corrected chi connectivity index (χ3v) is 8.69. The first-order valence-electron chi connectivity index (χ1n) is 11.3. The number of rotatable bonds is 9. The zero-order valence-electron chi connectivity index (χ0n) is 20.1. The Balaban J connectivity index is 1.69. The number of benzene rings is 3. The lowest BCUT2D eigenvalue weighted by molar-refractivity contribution is -0.122. The van der Waals surface area contributed by atoms with Gasteiger partial charge in [0.05, 0.1) is 31.2 Å². The van der Waals surface area contributed by atoms with E-state index in [1.54, 1.807) is 42.5 Å². The van der Waals surface area contributed by atoms with Crippen LogP contribution in [-0.4, -0.2) is 51.3 Å². The average molecular weight is 638 g/mol. The van der Waals surface area contributed by atoms with Crippen molar-refractivity contribution in [2.45, 2.75) is 23.8 Å². The van der Waals surface area contributed by atoms with Gasteiger partial charge in [-0.3, -0.25) is 9.59 Å². The SMILES string of the molecule is COc1ccc(CCN(C2CC(=O)N(c3ccc(I)cc3)C2=O)S(=O)(=O)c2ccc(F)cc2)cc1OC. The van der Waals surface area contributed by atoms with Crippen LogP contribution in [0.15, 0.2) is 71.6 Å². The summed E-state index contributed by atoms with van der Waals surface area (Å²) in [6.45, 7) is -0.0978. The molecule has 1 aliphatic rings. The van der Waals surface area contributed by atoms with E-state index in [9.17, 15) is 22.4 Å². The molecule has 1 atom stereocenters. The van der Waals surface area contributed by atoms with Crippen molar-refractivity contribution < 1.29 is 31.9 Å². The van der Waals surface area contributed by atoms with Gasteiger partial charge in [-0.25, -0.2) is 17.7 Å². The molecule has 0 radical (unpaired) electrons. The summed E-state index contributed by atoms with van der Waals surface area (Å²) in [6, 6.07) is 15.1. The fraction of sp³-hybridized carbons (Fsp3) is 0.231. The summed E-state index contributed by atoms with van der Waals surface area (Å²) in [5, 5.41) is 0. The molecule has 0 spiro atoms. The molecule has 37 heavy (non-hydrogen) atoms. The van der Waals surface area contributed by atoms with Crippen LogP contribution in [-0.2, 0) is 26.0 Å². The molecule has 1 heterocycles. The average Bonchev–Trinajstić information content (AvgIpc) is 3.17. The molecule has 8 nitrogen and oxygen atoms in total. The Bertz CT molecular complexity index is 1410. The molecule has 0 aliphatic carbocycles. The number of imide groups is 1. The molecule has 4 rings (SSSR count). The third kappa shape index (κ3) is 5.63. The van der Waals surface area contributed by atoms with Crippen LogP contribution >= 0.6 is 22.6 Å². The number of ether oxygens (including phenoxy) is 2. The lowest BCUT2D eigenvalue weighted by Crippen LogP contribution is -2.46. The molecule has 11 heteroatoms. The minimum Gasteiger partial charge on any atom is -0.493 e. The first-order valence-corrected chi connectivity index (χ1v) is 13.8. The van der Waals surface area contributed by atoms with Gasteiger partial charge in [0.1, 0.15) is 11.9 Å². The number of anilines is 1. The lowest BCUT2D eigenvalue weighted by Gasteiger charge is -2.27. The van der Waals surface area contributed by atoms with E-state index in [1.807, 2.05) is 0 Å². The maximum Gasteiger partial charge on any atom is 0.252 e. The number of methoxy groups -OCH3 is 2. The molecule has 0 bridgehead atoms. The standard InChI is InChI=1S/C26H24FIN2O6S/c1-35-23-12-3-17(15-24(23)36-2)13-14-29(37(33,34)21-10-4-18(27)5-11-21)22-16-25(31)30(26(22)32)20-8-6-19(28)7-9-20/h3-12,15,22H,13-14,16H2,1-2H3. The molecule has 3 aromatic carbocycles. The fourth-order valence-corrected chi connectivity index (χ4v) is 6.11. The summed E-state index contributed by atoms with van der Waals surface area (Å²) in [4.78, 5) is 27.2. The predicted octanol–water partition coefficient (Wildman–Crippen LogP) is 4.01. The molecule has 3 aromatic rings. The molecule has 1 aliphatic heterocycles. The van der Waals surface area contributed by atoms with E-state index in [2.05, 4.69) is 22.6 Å². The van der Waals surface area contributed by atoms with Crippen molar-refractivity contribution in [2.75, 3.05) is 25.7 Å². The monoisotopic (exact) mass is 638 g/mol. The molecule has 0 aromatic heterocycles.